The summed E-state index contributed by atoms with van der Waals surface area (Å²) in [6.07, 6.45) is 4.22. The average molecular weight is 156 g/mol. The van der Waals surface area contributed by atoms with Gasteiger partial charge in [0, 0.05) is 12.0 Å². The Kier molecular flexibility index (Phi) is 1.10. The predicted molar refractivity (Wildman–Crippen MR) is 40.0 cm³/mol. The molecule has 10 heavy (non-hydrogen) atoms. The molecule has 0 aromatic rings. The van der Waals surface area contributed by atoms with Gasteiger partial charge in [-0.15, -0.1) is 11.8 Å². The number of amides is 1. The number of nitrogens with zero attached hydrogens (tertiary/aromatic N) is 1. The fourth-order valence-electron chi connectivity index (χ4n) is 1.18. The second-order valence-electron chi connectivity index (χ2n) is 2.48. The summed E-state index contributed by atoms with van der Waals surface area (Å²) >= 11 is 1.62. The first-order valence-electron chi connectivity index (χ1n) is 3.14. The van der Waals surface area contributed by atoms with Gasteiger partial charge in [-0.3, -0.25) is 15.4 Å². The van der Waals surface area contributed by atoms with Gasteiger partial charge in [-0.05, 0) is 0 Å². The molecule has 0 unspecified atom stereocenters. The molecule has 2 aliphatic rings. The molecule has 0 aromatic heterocycles. The third-order valence-corrected chi connectivity index (χ3v) is 2.97. The topological polar surface area (TPSA) is 46.3 Å². The van der Waals surface area contributed by atoms with Crippen molar-refractivity contribution in [2.75, 3.05) is 5.75 Å². The number of rotatable bonds is 0. The van der Waals surface area contributed by atoms with Crippen LogP contribution in [0.15, 0.2) is 12.3 Å². The van der Waals surface area contributed by atoms with Crippen LogP contribution < -0.4 is 5.73 Å². The molecule has 0 bridgehead atoms. The van der Waals surface area contributed by atoms with Gasteiger partial charge in [0.15, 0.2) is 4.99 Å². The number of carbonyl (C=O) groups excluding carboxylic acids is 1. The lowest BCUT2D eigenvalue weighted by Gasteiger charge is -2.48. The van der Waals surface area contributed by atoms with Crippen molar-refractivity contribution in [2.45, 2.75) is 11.4 Å². The first-order chi connectivity index (χ1) is 4.72. The van der Waals surface area contributed by atoms with Crippen molar-refractivity contribution in [3.05, 3.63) is 12.3 Å². The molecule has 0 aromatic carbocycles. The van der Waals surface area contributed by atoms with Crippen molar-refractivity contribution in [1.82, 2.24) is 4.90 Å². The van der Waals surface area contributed by atoms with Crippen molar-refractivity contribution < 1.29 is 4.79 Å². The smallest absolute Gasteiger partial charge is 0.233 e. The number of β-lactam (4-membered cyclic amide) rings is 1. The molecule has 1 saturated heterocycles. The van der Waals surface area contributed by atoms with Crippen LogP contribution in [0.1, 0.15) is 6.42 Å². The van der Waals surface area contributed by atoms with Crippen LogP contribution in [0.25, 0.3) is 0 Å². The highest BCUT2D eigenvalue weighted by Gasteiger charge is 2.48. The standard InChI is InChI=1S/C6H8N2OS/c7-6-4-5(9)8(6)2-1-3-10-6/h1-2H,3-4,7H2/t6-/m0/s1. The van der Waals surface area contributed by atoms with E-state index in [9.17, 15) is 4.79 Å². The van der Waals surface area contributed by atoms with Crippen LogP contribution in [0.2, 0.25) is 0 Å². The maximum absolute atomic E-state index is 10.9. The van der Waals surface area contributed by atoms with Gasteiger partial charge in [-0.25, -0.2) is 0 Å². The number of carbonyl (C=O) groups is 1. The minimum atomic E-state index is -0.397. The third-order valence-electron chi connectivity index (χ3n) is 1.76. The lowest BCUT2D eigenvalue weighted by atomic mass is 10.1. The monoisotopic (exact) mass is 156 g/mol. The van der Waals surface area contributed by atoms with E-state index in [0.717, 1.165) is 5.75 Å². The van der Waals surface area contributed by atoms with Crippen LogP contribution in [-0.2, 0) is 4.79 Å². The van der Waals surface area contributed by atoms with Crippen LogP contribution in [0.3, 0.4) is 0 Å². The molecular weight excluding hydrogens is 148 g/mol. The zero-order valence-corrected chi connectivity index (χ0v) is 6.23. The lowest BCUT2D eigenvalue weighted by molar-refractivity contribution is -0.143. The molecule has 0 aliphatic carbocycles. The van der Waals surface area contributed by atoms with Crippen molar-refractivity contribution >= 4 is 17.7 Å². The van der Waals surface area contributed by atoms with Crippen molar-refractivity contribution in [3.63, 3.8) is 0 Å². The van der Waals surface area contributed by atoms with Crippen LogP contribution in [0, 0.1) is 0 Å². The first-order valence-corrected chi connectivity index (χ1v) is 4.13. The van der Waals surface area contributed by atoms with E-state index >= 15 is 0 Å². The van der Waals surface area contributed by atoms with Gasteiger partial charge >= 0.3 is 0 Å². The van der Waals surface area contributed by atoms with E-state index in [1.165, 1.54) is 0 Å². The van der Waals surface area contributed by atoms with Crippen LogP contribution in [0.5, 0.6) is 0 Å². The molecular formula is C6H8N2OS. The van der Waals surface area contributed by atoms with Crippen LogP contribution in [-0.4, -0.2) is 21.6 Å². The number of thioether (sulfide) groups is 1. The molecule has 0 spiro atoms. The molecule has 2 aliphatic heterocycles. The summed E-state index contributed by atoms with van der Waals surface area (Å²) in [7, 11) is 0. The summed E-state index contributed by atoms with van der Waals surface area (Å²) in [5.74, 6) is 1.05. The van der Waals surface area contributed by atoms with Gasteiger partial charge in [-0.1, -0.05) is 6.08 Å². The summed E-state index contributed by atoms with van der Waals surface area (Å²) in [6.45, 7) is 0. The fourth-order valence-corrected chi connectivity index (χ4v) is 2.18. The molecule has 54 valence electrons. The highest BCUT2D eigenvalue weighted by atomic mass is 32.2. The van der Waals surface area contributed by atoms with E-state index in [0.29, 0.717) is 6.42 Å². The summed E-state index contributed by atoms with van der Waals surface area (Å²) in [6, 6.07) is 0. The highest BCUT2D eigenvalue weighted by molar-refractivity contribution is 8.00. The van der Waals surface area contributed by atoms with E-state index in [1.54, 1.807) is 22.9 Å². The Morgan fingerprint density at radius 3 is 3.10 bits per heavy atom. The van der Waals surface area contributed by atoms with E-state index in [2.05, 4.69) is 0 Å². The summed E-state index contributed by atoms with van der Waals surface area (Å²) < 4.78 is 0. The summed E-state index contributed by atoms with van der Waals surface area (Å²) in [5, 5.41) is 0. The molecule has 2 heterocycles. The highest BCUT2D eigenvalue weighted by Crippen LogP contribution is 2.39. The third kappa shape index (κ3) is 0.630. The Hall–Kier alpha value is -0.480. The molecule has 1 fully saturated rings. The van der Waals surface area contributed by atoms with Crippen LogP contribution in [0.4, 0.5) is 0 Å². The van der Waals surface area contributed by atoms with E-state index < -0.39 is 4.99 Å². The predicted octanol–water partition coefficient (Wildman–Crippen LogP) is 0.0917. The minimum absolute atomic E-state index is 0.131. The Labute approximate surface area is 63.2 Å². The molecule has 1 amide bonds. The Morgan fingerprint density at radius 2 is 2.60 bits per heavy atom. The van der Waals surface area contributed by atoms with Gasteiger partial charge in [-0.2, -0.15) is 0 Å². The number of fused-ring (bicyclic) bond motifs is 1. The van der Waals surface area contributed by atoms with Gasteiger partial charge in [0.1, 0.15) is 0 Å². The first kappa shape index (κ1) is 6.24. The molecule has 2 rings (SSSR count). The Balaban J connectivity index is 2.26. The maximum Gasteiger partial charge on any atom is 0.233 e. The minimum Gasteiger partial charge on any atom is -0.299 e. The normalized spacial score (nSPS) is 37.3. The van der Waals surface area contributed by atoms with Gasteiger partial charge < -0.3 is 0 Å². The molecule has 1 atom stereocenters. The molecule has 0 radical (unpaired) electrons. The van der Waals surface area contributed by atoms with E-state index in [-0.39, 0.29) is 5.91 Å². The summed E-state index contributed by atoms with van der Waals surface area (Å²) in [5.41, 5.74) is 5.82. The number of hydrogen-bond acceptors (Lipinski definition) is 3. The molecule has 3 nitrogen and oxygen atoms in total. The van der Waals surface area contributed by atoms with Crippen molar-refractivity contribution in [1.29, 1.82) is 0 Å². The fraction of sp³-hybridized carbons (Fsp3) is 0.500. The lowest BCUT2D eigenvalue weighted by Crippen LogP contribution is -2.65. The summed E-state index contributed by atoms with van der Waals surface area (Å²) in [4.78, 5) is 12.1. The Bertz CT molecular complexity index is 216. The largest absolute Gasteiger partial charge is 0.299 e. The SMILES string of the molecule is N[C@@]12CC(=O)N1C=CCS2. The quantitative estimate of drug-likeness (QED) is 0.506. The number of nitrogens with two attached hydrogens (primary N) is 1. The van der Waals surface area contributed by atoms with Crippen molar-refractivity contribution in [2.24, 2.45) is 5.73 Å². The molecule has 4 heteroatoms. The van der Waals surface area contributed by atoms with Crippen molar-refractivity contribution in [3.8, 4) is 0 Å². The zero-order chi connectivity index (χ0) is 7.19. The van der Waals surface area contributed by atoms with Gasteiger partial charge in [0.25, 0.3) is 0 Å². The maximum atomic E-state index is 10.9. The Morgan fingerprint density at radius 1 is 1.80 bits per heavy atom. The van der Waals surface area contributed by atoms with E-state index in [1.807, 2.05) is 6.08 Å². The van der Waals surface area contributed by atoms with E-state index in [4.69, 9.17) is 5.73 Å². The van der Waals surface area contributed by atoms with Gasteiger partial charge in [0.05, 0.1) is 6.42 Å². The second-order valence-corrected chi connectivity index (χ2v) is 3.81. The second kappa shape index (κ2) is 1.77. The average Bonchev–Trinajstić information content (AvgIpc) is 1.86. The molecule has 2 N–H and O–H groups in total. The number of hydrogen-bond donors (Lipinski definition) is 1. The zero-order valence-electron chi connectivity index (χ0n) is 5.41. The van der Waals surface area contributed by atoms with Gasteiger partial charge in [0.2, 0.25) is 5.91 Å². The molecule has 0 saturated carbocycles. The van der Waals surface area contributed by atoms with Crippen LogP contribution >= 0.6 is 11.8 Å².